The summed E-state index contributed by atoms with van der Waals surface area (Å²) in [6, 6.07) is 21.6. The van der Waals surface area contributed by atoms with Gasteiger partial charge in [-0.25, -0.2) is 4.68 Å². The highest BCUT2D eigenvalue weighted by molar-refractivity contribution is 5.95. The summed E-state index contributed by atoms with van der Waals surface area (Å²) in [5, 5.41) is 13.5. The molecule has 0 aliphatic carbocycles. The summed E-state index contributed by atoms with van der Waals surface area (Å²) in [7, 11) is 1.81. The molecule has 0 saturated carbocycles. The first-order valence-electron chi connectivity index (χ1n) is 8.28. The van der Waals surface area contributed by atoms with Gasteiger partial charge in [-0.2, -0.15) is 0 Å². The van der Waals surface area contributed by atoms with E-state index in [0.29, 0.717) is 12.1 Å². The molecule has 4 aromatic rings. The highest BCUT2D eigenvalue weighted by atomic mass is 16.2. The largest absolute Gasteiger partial charge is 0.337 e. The second kappa shape index (κ2) is 6.76. The van der Waals surface area contributed by atoms with Crippen LogP contribution in [0.1, 0.15) is 15.9 Å². The van der Waals surface area contributed by atoms with Crippen molar-refractivity contribution in [3.8, 4) is 5.69 Å². The fourth-order valence-electron chi connectivity index (χ4n) is 3.04. The molecular weight excluding hydrogens is 326 g/mol. The predicted octanol–water partition coefficient (Wildman–Crippen LogP) is 3.09. The molecule has 0 N–H and O–H groups in total. The van der Waals surface area contributed by atoms with Gasteiger partial charge in [0.1, 0.15) is 6.33 Å². The smallest absolute Gasteiger partial charge is 0.253 e. The number of carbonyl (C=O) groups is 1. The Kier molecular flexibility index (Phi) is 4.15. The van der Waals surface area contributed by atoms with Crippen molar-refractivity contribution in [3.05, 3.63) is 84.2 Å². The van der Waals surface area contributed by atoms with Crippen molar-refractivity contribution in [1.82, 2.24) is 25.1 Å². The lowest BCUT2D eigenvalue weighted by atomic mass is 10.0. The van der Waals surface area contributed by atoms with Crippen LogP contribution in [0.2, 0.25) is 0 Å². The Labute approximate surface area is 150 Å². The van der Waals surface area contributed by atoms with Gasteiger partial charge < -0.3 is 4.90 Å². The molecule has 4 rings (SSSR count). The summed E-state index contributed by atoms with van der Waals surface area (Å²) in [5.74, 6) is -0.0483. The predicted molar refractivity (Wildman–Crippen MR) is 98.9 cm³/mol. The van der Waals surface area contributed by atoms with Crippen LogP contribution in [0.15, 0.2) is 73.1 Å². The van der Waals surface area contributed by atoms with Crippen molar-refractivity contribution < 1.29 is 4.79 Å². The number of tetrazole rings is 1. The summed E-state index contributed by atoms with van der Waals surface area (Å²) < 4.78 is 1.53. The van der Waals surface area contributed by atoms with Gasteiger partial charge >= 0.3 is 0 Å². The zero-order chi connectivity index (χ0) is 17.9. The lowest BCUT2D eigenvalue weighted by Crippen LogP contribution is -2.26. The molecule has 26 heavy (non-hydrogen) atoms. The Hall–Kier alpha value is -3.54. The number of hydrogen-bond acceptors (Lipinski definition) is 4. The first-order chi connectivity index (χ1) is 12.7. The van der Waals surface area contributed by atoms with Crippen molar-refractivity contribution in [2.45, 2.75) is 6.54 Å². The third-order valence-electron chi connectivity index (χ3n) is 4.34. The summed E-state index contributed by atoms with van der Waals surface area (Å²) in [5.41, 5.74) is 2.47. The van der Waals surface area contributed by atoms with Crippen molar-refractivity contribution in [2.75, 3.05) is 7.05 Å². The van der Waals surface area contributed by atoms with Crippen LogP contribution in [0.25, 0.3) is 16.5 Å². The van der Waals surface area contributed by atoms with Crippen LogP contribution in [0.4, 0.5) is 0 Å². The lowest BCUT2D eigenvalue weighted by molar-refractivity contribution is 0.0785. The molecular formula is C20H17N5O. The number of nitrogens with zero attached hydrogens (tertiary/aromatic N) is 5. The minimum absolute atomic E-state index is 0.0483. The lowest BCUT2D eigenvalue weighted by Gasteiger charge is -2.19. The van der Waals surface area contributed by atoms with Gasteiger partial charge in [-0.3, -0.25) is 4.79 Å². The number of hydrogen-bond donors (Lipinski definition) is 0. The van der Waals surface area contributed by atoms with Gasteiger partial charge in [-0.1, -0.05) is 48.5 Å². The number of rotatable bonds is 4. The zero-order valence-electron chi connectivity index (χ0n) is 14.3. The van der Waals surface area contributed by atoms with E-state index in [4.69, 9.17) is 0 Å². The molecule has 0 unspecified atom stereocenters. The molecule has 0 fully saturated rings. The second-order valence-corrected chi connectivity index (χ2v) is 6.10. The van der Waals surface area contributed by atoms with E-state index in [1.54, 1.807) is 17.0 Å². The molecule has 0 saturated heterocycles. The molecule has 0 bridgehead atoms. The van der Waals surface area contributed by atoms with Crippen molar-refractivity contribution in [2.24, 2.45) is 0 Å². The summed E-state index contributed by atoms with van der Waals surface area (Å²) >= 11 is 0. The fourth-order valence-corrected chi connectivity index (χ4v) is 3.04. The molecule has 6 nitrogen and oxygen atoms in total. The first kappa shape index (κ1) is 16.0. The minimum Gasteiger partial charge on any atom is -0.337 e. The normalized spacial score (nSPS) is 10.8. The standard InChI is InChI=1S/C20H17N5O/c1-24(13-17-9-4-7-15-6-2-3-11-19(15)17)20(26)16-8-5-10-18(12-16)25-14-21-22-23-25/h2-12,14H,13H2,1H3. The molecule has 128 valence electrons. The summed E-state index contributed by atoms with van der Waals surface area (Å²) in [4.78, 5) is 14.6. The molecule has 0 radical (unpaired) electrons. The van der Waals surface area contributed by atoms with Crippen LogP contribution in [0.5, 0.6) is 0 Å². The maximum atomic E-state index is 12.9. The molecule has 0 aliphatic heterocycles. The number of carbonyl (C=O) groups excluding carboxylic acids is 1. The second-order valence-electron chi connectivity index (χ2n) is 6.10. The van der Waals surface area contributed by atoms with E-state index in [1.165, 1.54) is 16.4 Å². The van der Waals surface area contributed by atoms with Crippen molar-refractivity contribution in [1.29, 1.82) is 0 Å². The molecule has 0 spiro atoms. The molecule has 3 aromatic carbocycles. The topological polar surface area (TPSA) is 63.9 Å². The van der Waals surface area contributed by atoms with E-state index < -0.39 is 0 Å². The molecule has 0 atom stereocenters. The van der Waals surface area contributed by atoms with Gasteiger partial charge in [0.15, 0.2) is 0 Å². The highest BCUT2D eigenvalue weighted by Crippen LogP contribution is 2.20. The fraction of sp³-hybridized carbons (Fsp3) is 0.100. The monoisotopic (exact) mass is 343 g/mol. The SMILES string of the molecule is CN(Cc1cccc2ccccc12)C(=O)c1cccc(-n2cnnn2)c1. The Bertz CT molecular complexity index is 1050. The van der Waals surface area contributed by atoms with Crippen LogP contribution < -0.4 is 0 Å². The van der Waals surface area contributed by atoms with Crippen molar-refractivity contribution in [3.63, 3.8) is 0 Å². The average Bonchev–Trinajstić information content (AvgIpc) is 3.23. The molecule has 1 heterocycles. The Morgan fingerprint density at radius 1 is 1.04 bits per heavy atom. The Morgan fingerprint density at radius 3 is 2.69 bits per heavy atom. The van der Waals surface area contributed by atoms with E-state index in [1.807, 2.05) is 37.4 Å². The van der Waals surface area contributed by atoms with Gasteiger partial charge in [-0.15, -0.1) is 5.10 Å². The number of aromatic nitrogens is 4. The van der Waals surface area contributed by atoms with Crippen LogP contribution in [-0.4, -0.2) is 38.1 Å². The maximum Gasteiger partial charge on any atom is 0.253 e. The van der Waals surface area contributed by atoms with Crippen LogP contribution in [0.3, 0.4) is 0 Å². The Balaban J connectivity index is 1.59. The van der Waals surface area contributed by atoms with Gasteiger partial charge in [0.05, 0.1) is 5.69 Å². The first-order valence-corrected chi connectivity index (χ1v) is 8.28. The quantitative estimate of drug-likeness (QED) is 0.571. The number of fused-ring (bicyclic) bond motifs is 1. The van der Waals surface area contributed by atoms with E-state index in [9.17, 15) is 4.79 Å². The third-order valence-corrected chi connectivity index (χ3v) is 4.34. The molecule has 0 aliphatic rings. The van der Waals surface area contributed by atoms with Gasteiger partial charge in [0.2, 0.25) is 0 Å². The summed E-state index contributed by atoms with van der Waals surface area (Å²) in [6.07, 6.45) is 1.50. The highest BCUT2D eigenvalue weighted by Gasteiger charge is 2.14. The van der Waals surface area contributed by atoms with Crippen molar-refractivity contribution >= 4 is 16.7 Å². The molecule has 6 heteroatoms. The van der Waals surface area contributed by atoms with Gasteiger partial charge in [-0.05, 0) is 45.0 Å². The van der Waals surface area contributed by atoms with E-state index in [2.05, 4.69) is 39.8 Å². The minimum atomic E-state index is -0.0483. The number of amides is 1. The zero-order valence-corrected chi connectivity index (χ0v) is 14.3. The van der Waals surface area contributed by atoms with E-state index >= 15 is 0 Å². The average molecular weight is 343 g/mol. The third kappa shape index (κ3) is 3.04. The summed E-state index contributed by atoms with van der Waals surface area (Å²) in [6.45, 7) is 0.537. The van der Waals surface area contributed by atoms with Gasteiger partial charge in [0.25, 0.3) is 5.91 Å². The Morgan fingerprint density at radius 2 is 1.85 bits per heavy atom. The van der Waals surface area contributed by atoms with Crippen LogP contribution in [-0.2, 0) is 6.54 Å². The number of benzene rings is 3. The maximum absolute atomic E-state index is 12.9. The molecule has 1 aromatic heterocycles. The van der Waals surface area contributed by atoms with Crippen LogP contribution >= 0.6 is 0 Å². The molecule has 1 amide bonds. The van der Waals surface area contributed by atoms with E-state index in [0.717, 1.165) is 16.6 Å². The van der Waals surface area contributed by atoms with E-state index in [-0.39, 0.29) is 5.91 Å². The van der Waals surface area contributed by atoms with Crippen LogP contribution in [0, 0.1) is 0 Å². The van der Waals surface area contributed by atoms with Gasteiger partial charge in [0, 0.05) is 19.2 Å².